The Balaban J connectivity index is 1.62. The number of hydrogen-bond donors (Lipinski definition) is 1. The summed E-state index contributed by atoms with van der Waals surface area (Å²) in [7, 11) is 0. The number of rotatable bonds is 6. The fourth-order valence-electron chi connectivity index (χ4n) is 3.20. The normalized spacial score (nSPS) is 15.0. The zero-order valence-electron chi connectivity index (χ0n) is 15.9. The van der Waals surface area contributed by atoms with Gasteiger partial charge in [0.1, 0.15) is 11.5 Å². The van der Waals surface area contributed by atoms with Crippen LogP contribution < -0.4 is 5.32 Å². The van der Waals surface area contributed by atoms with E-state index < -0.39 is 0 Å². The van der Waals surface area contributed by atoms with E-state index in [-0.39, 0.29) is 11.7 Å². The lowest BCUT2D eigenvalue weighted by Gasteiger charge is -2.33. The van der Waals surface area contributed by atoms with Gasteiger partial charge in [-0.05, 0) is 37.6 Å². The van der Waals surface area contributed by atoms with Gasteiger partial charge in [0.15, 0.2) is 0 Å². The predicted molar refractivity (Wildman–Crippen MR) is 103 cm³/mol. The molecule has 2 aromatic rings. The van der Waals surface area contributed by atoms with Gasteiger partial charge in [-0.1, -0.05) is 25.1 Å². The standard InChI is InChI=1S/C20H26FN5O/c1-3-25-10-12-26(13-11-25)19(27)18-14-15(2)23-20(24-18)22-9-8-16-6-4-5-7-17(16)21/h4-7,14H,3,8-13H2,1-2H3,(H,22,23,24). The van der Waals surface area contributed by atoms with Gasteiger partial charge in [0.25, 0.3) is 5.91 Å². The quantitative estimate of drug-likeness (QED) is 0.845. The number of amides is 1. The summed E-state index contributed by atoms with van der Waals surface area (Å²) in [5.74, 6) is 0.127. The molecule has 1 N–H and O–H groups in total. The molecule has 0 aliphatic carbocycles. The lowest BCUT2D eigenvalue weighted by molar-refractivity contribution is 0.0637. The molecule has 144 valence electrons. The van der Waals surface area contributed by atoms with Gasteiger partial charge in [-0.2, -0.15) is 0 Å². The first-order valence-corrected chi connectivity index (χ1v) is 9.41. The van der Waals surface area contributed by atoms with E-state index in [2.05, 4.69) is 27.1 Å². The second kappa shape index (κ2) is 8.90. The molecule has 1 saturated heterocycles. The van der Waals surface area contributed by atoms with E-state index >= 15 is 0 Å². The summed E-state index contributed by atoms with van der Waals surface area (Å²) < 4.78 is 13.7. The summed E-state index contributed by atoms with van der Waals surface area (Å²) in [6.45, 7) is 8.68. The van der Waals surface area contributed by atoms with Crippen LogP contribution in [-0.2, 0) is 6.42 Å². The summed E-state index contributed by atoms with van der Waals surface area (Å²) >= 11 is 0. The zero-order chi connectivity index (χ0) is 19.2. The molecule has 1 fully saturated rings. The molecular formula is C20H26FN5O. The number of anilines is 1. The number of likely N-dealkylation sites (N-methyl/N-ethyl adjacent to an activating group) is 1. The molecule has 0 atom stereocenters. The highest BCUT2D eigenvalue weighted by atomic mass is 19.1. The number of piperazine rings is 1. The van der Waals surface area contributed by atoms with Crippen molar-refractivity contribution in [2.45, 2.75) is 20.3 Å². The van der Waals surface area contributed by atoms with Crippen molar-refractivity contribution in [3.05, 3.63) is 53.1 Å². The Morgan fingerprint density at radius 3 is 2.63 bits per heavy atom. The van der Waals surface area contributed by atoms with E-state index in [9.17, 15) is 9.18 Å². The maximum Gasteiger partial charge on any atom is 0.272 e. The summed E-state index contributed by atoms with van der Waals surface area (Å²) in [5, 5.41) is 3.11. The molecule has 27 heavy (non-hydrogen) atoms. The lowest BCUT2D eigenvalue weighted by Crippen LogP contribution is -2.48. The van der Waals surface area contributed by atoms with E-state index in [1.54, 1.807) is 18.2 Å². The molecule has 0 radical (unpaired) electrons. The molecule has 0 unspecified atom stereocenters. The number of nitrogens with one attached hydrogen (secondary N) is 1. The minimum absolute atomic E-state index is 0.0617. The van der Waals surface area contributed by atoms with Crippen LogP contribution in [0, 0.1) is 12.7 Å². The second-order valence-electron chi connectivity index (χ2n) is 6.71. The summed E-state index contributed by atoms with van der Waals surface area (Å²) in [5.41, 5.74) is 1.78. The van der Waals surface area contributed by atoms with Crippen molar-refractivity contribution >= 4 is 11.9 Å². The van der Waals surface area contributed by atoms with E-state index in [1.165, 1.54) is 6.07 Å². The van der Waals surface area contributed by atoms with Crippen molar-refractivity contribution in [2.75, 3.05) is 44.6 Å². The minimum Gasteiger partial charge on any atom is -0.354 e. The fraction of sp³-hybridized carbons (Fsp3) is 0.450. The lowest BCUT2D eigenvalue weighted by atomic mass is 10.1. The number of benzene rings is 1. The van der Waals surface area contributed by atoms with Gasteiger partial charge in [-0.25, -0.2) is 14.4 Å². The van der Waals surface area contributed by atoms with Gasteiger partial charge >= 0.3 is 0 Å². The highest BCUT2D eigenvalue weighted by Gasteiger charge is 2.23. The van der Waals surface area contributed by atoms with Crippen molar-refractivity contribution < 1.29 is 9.18 Å². The smallest absolute Gasteiger partial charge is 0.272 e. The predicted octanol–water partition coefficient (Wildman–Crippen LogP) is 2.36. The number of carbonyl (C=O) groups excluding carboxylic acids is 1. The summed E-state index contributed by atoms with van der Waals surface area (Å²) in [6.07, 6.45) is 0.520. The third kappa shape index (κ3) is 5.01. The maximum absolute atomic E-state index is 13.7. The van der Waals surface area contributed by atoms with Gasteiger partial charge in [0.2, 0.25) is 5.95 Å². The highest BCUT2D eigenvalue weighted by molar-refractivity contribution is 5.92. The molecule has 0 spiro atoms. The average Bonchev–Trinajstić information content (AvgIpc) is 2.68. The van der Waals surface area contributed by atoms with E-state index in [4.69, 9.17) is 0 Å². The fourth-order valence-corrected chi connectivity index (χ4v) is 3.20. The largest absolute Gasteiger partial charge is 0.354 e. The molecule has 2 heterocycles. The highest BCUT2D eigenvalue weighted by Crippen LogP contribution is 2.12. The van der Waals surface area contributed by atoms with Crippen LogP contribution in [-0.4, -0.2) is 64.9 Å². The number of carbonyl (C=O) groups is 1. The Morgan fingerprint density at radius 1 is 1.19 bits per heavy atom. The SMILES string of the molecule is CCN1CCN(C(=O)c2cc(C)nc(NCCc3ccccc3F)n2)CC1. The van der Waals surface area contributed by atoms with E-state index in [1.807, 2.05) is 17.9 Å². The van der Waals surface area contributed by atoms with Gasteiger partial charge in [-0.15, -0.1) is 0 Å². The van der Waals surface area contributed by atoms with Crippen LogP contribution in [0.25, 0.3) is 0 Å². The Hall–Kier alpha value is -2.54. The van der Waals surface area contributed by atoms with Crippen molar-refractivity contribution in [3.63, 3.8) is 0 Å². The Kier molecular flexibility index (Phi) is 6.34. The van der Waals surface area contributed by atoms with Gasteiger partial charge < -0.3 is 15.1 Å². The van der Waals surface area contributed by atoms with Gasteiger partial charge in [0.05, 0.1) is 0 Å². The molecular weight excluding hydrogens is 345 g/mol. The number of nitrogens with zero attached hydrogens (tertiary/aromatic N) is 4. The number of aryl methyl sites for hydroxylation is 1. The first-order valence-electron chi connectivity index (χ1n) is 9.41. The first kappa shape index (κ1) is 19.2. The second-order valence-corrected chi connectivity index (χ2v) is 6.71. The minimum atomic E-state index is -0.216. The van der Waals surface area contributed by atoms with E-state index in [0.717, 1.165) is 25.3 Å². The van der Waals surface area contributed by atoms with Crippen LogP contribution in [0.15, 0.2) is 30.3 Å². The van der Waals surface area contributed by atoms with Crippen LogP contribution >= 0.6 is 0 Å². The molecule has 1 aromatic heterocycles. The molecule has 3 rings (SSSR count). The van der Waals surface area contributed by atoms with Crippen LogP contribution in [0.3, 0.4) is 0 Å². The van der Waals surface area contributed by atoms with E-state index in [0.29, 0.717) is 43.3 Å². The van der Waals surface area contributed by atoms with Gasteiger partial charge in [-0.3, -0.25) is 4.79 Å². The Labute approximate surface area is 159 Å². The Morgan fingerprint density at radius 2 is 1.93 bits per heavy atom. The molecule has 0 bridgehead atoms. The monoisotopic (exact) mass is 371 g/mol. The summed E-state index contributed by atoms with van der Waals surface area (Å²) in [4.78, 5) is 25.7. The third-order valence-corrected chi connectivity index (χ3v) is 4.82. The van der Waals surface area contributed by atoms with Crippen LogP contribution in [0.2, 0.25) is 0 Å². The van der Waals surface area contributed by atoms with Gasteiger partial charge in [0, 0.05) is 38.4 Å². The molecule has 7 heteroatoms. The van der Waals surface area contributed by atoms with Crippen LogP contribution in [0.4, 0.5) is 10.3 Å². The molecule has 1 aliphatic heterocycles. The molecule has 0 saturated carbocycles. The average molecular weight is 371 g/mol. The number of hydrogen-bond acceptors (Lipinski definition) is 5. The molecule has 1 aromatic carbocycles. The number of halogens is 1. The maximum atomic E-state index is 13.7. The van der Waals surface area contributed by atoms with Crippen molar-refractivity contribution in [1.29, 1.82) is 0 Å². The molecule has 1 aliphatic rings. The van der Waals surface area contributed by atoms with Crippen molar-refractivity contribution in [3.8, 4) is 0 Å². The van der Waals surface area contributed by atoms with Crippen molar-refractivity contribution in [2.24, 2.45) is 0 Å². The zero-order valence-corrected chi connectivity index (χ0v) is 15.9. The first-order chi connectivity index (χ1) is 13.1. The third-order valence-electron chi connectivity index (χ3n) is 4.82. The topological polar surface area (TPSA) is 61.4 Å². The van der Waals surface area contributed by atoms with Crippen molar-refractivity contribution in [1.82, 2.24) is 19.8 Å². The summed E-state index contributed by atoms with van der Waals surface area (Å²) in [6, 6.07) is 8.42. The number of aromatic nitrogens is 2. The molecule has 1 amide bonds. The van der Waals surface area contributed by atoms with Crippen LogP contribution in [0.5, 0.6) is 0 Å². The molecule has 6 nitrogen and oxygen atoms in total. The van der Waals surface area contributed by atoms with Crippen LogP contribution in [0.1, 0.15) is 28.7 Å². The Bertz CT molecular complexity index is 790.